The van der Waals surface area contributed by atoms with Crippen LogP contribution in [0.1, 0.15) is 77.4 Å². The maximum atomic E-state index is 14.3. The smallest absolute Gasteiger partial charge is 0.333 e. The Morgan fingerprint density at radius 1 is 1.03 bits per heavy atom. The molecule has 7 nitrogen and oxygen atoms in total. The third-order valence-electron chi connectivity index (χ3n) is 5.58. The lowest BCUT2D eigenvalue weighted by Gasteiger charge is -2.17. The third-order valence-corrected chi connectivity index (χ3v) is 5.58. The van der Waals surface area contributed by atoms with Gasteiger partial charge in [-0.15, -0.1) is 0 Å². The zero-order valence-electron chi connectivity index (χ0n) is 17.3. The van der Waals surface area contributed by atoms with Crippen LogP contribution in [0.25, 0.3) is 0 Å². The lowest BCUT2D eigenvalue weighted by Crippen LogP contribution is -2.42. The summed E-state index contributed by atoms with van der Waals surface area (Å²) in [5.41, 5.74) is -1.10. The minimum absolute atomic E-state index is 0.269. The Labute approximate surface area is 171 Å². The van der Waals surface area contributed by atoms with Gasteiger partial charge in [0.05, 0.1) is 6.61 Å². The number of ether oxygens (including phenoxy) is 1. The maximum Gasteiger partial charge on any atom is 0.333 e. The van der Waals surface area contributed by atoms with E-state index in [1.54, 1.807) is 0 Å². The molecule has 8 heteroatoms. The van der Waals surface area contributed by atoms with Crippen molar-refractivity contribution in [3.8, 4) is 0 Å². The van der Waals surface area contributed by atoms with Crippen LogP contribution in [-0.4, -0.2) is 44.3 Å². The normalized spacial score (nSPS) is 24.3. The number of rotatable bonds is 13. The third kappa shape index (κ3) is 6.49. The van der Waals surface area contributed by atoms with Gasteiger partial charge in [-0.25, -0.2) is 9.18 Å². The molecule has 1 fully saturated rings. The number of aliphatic hydroxyl groups excluding tert-OH is 2. The first-order valence-electron chi connectivity index (χ1n) is 10.9. The van der Waals surface area contributed by atoms with Crippen molar-refractivity contribution in [3.05, 3.63) is 33.1 Å². The minimum Gasteiger partial charge on any atom is -0.394 e. The Balaban J connectivity index is 1.84. The Bertz CT molecular complexity index is 720. The van der Waals surface area contributed by atoms with Gasteiger partial charge in [-0.2, -0.15) is 0 Å². The van der Waals surface area contributed by atoms with Crippen LogP contribution in [0.15, 0.2) is 21.9 Å². The van der Waals surface area contributed by atoms with E-state index in [4.69, 9.17) is 9.84 Å². The van der Waals surface area contributed by atoms with Crippen LogP contribution in [0.3, 0.4) is 0 Å². The summed E-state index contributed by atoms with van der Waals surface area (Å²) in [7, 11) is 0. The summed E-state index contributed by atoms with van der Waals surface area (Å²) in [5, 5.41) is 18.9. The van der Waals surface area contributed by atoms with Crippen molar-refractivity contribution in [1.29, 1.82) is 0 Å². The topological polar surface area (TPSA) is 93.7 Å². The van der Waals surface area contributed by atoms with Crippen LogP contribution in [0.5, 0.6) is 0 Å². The van der Waals surface area contributed by atoms with Crippen LogP contribution in [0.4, 0.5) is 4.39 Å². The highest BCUT2D eigenvalue weighted by Gasteiger charge is 2.45. The summed E-state index contributed by atoms with van der Waals surface area (Å²) in [6.07, 6.45) is 6.83. The predicted molar refractivity (Wildman–Crippen MR) is 109 cm³/mol. The quantitative estimate of drug-likeness (QED) is 0.484. The van der Waals surface area contributed by atoms with E-state index in [9.17, 15) is 19.1 Å². The second-order valence-corrected chi connectivity index (χ2v) is 7.86. The van der Waals surface area contributed by atoms with Crippen molar-refractivity contribution in [3.63, 3.8) is 0 Å². The van der Waals surface area contributed by atoms with E-state index in [0.717, 1.165) is 28.4 Å². The van der Waals surface area contributed by atoms with Crippen molar-refractivity contribution < 1.29 is 19.3 Å². The fourth-order valence-electron chi connectivity index (χ4n) is 3.77. The number of alkyl halides is 1. The molecule has 4 atom stereocenters. The second-order valence-electron chi connectivity index (χ2n) is 7.86. The predicted octanol–water partition coefficient (Wildman–Crippen LogP) is 2.52. The standard InChI is InChI=1S/C21H35FN2O5/c1-2-3-4-5-6-7-8-9-10-11-13-23-17(26)12-14-24(21(23)28)20-18(22)19(27)16(15-25)29-20/h12,14,16,18-20,25,27H,2-11,13,15H2,1H3/t16-,18+,19?,20-/m1/s1. The number of aromatic nitrogens is 2. The Morgan fingerprint density at radius 3 is 2.17 bits per heavy atom. The molecule has 166 valence electrons. The van der Waals surface area contributed by atoms with Crippen molar-refractivity contribution in [2.75, 3.05) is 6.61 Å². The molecule has 1 aliphatic heterocycles. The molecule has 1 aromatic heterocycles. The van der Waals surface area contributed by atoms with Gasteiger partial charge in [0.25, 0.3) is 5.56 Å². The van der Waals surface area contributed by atoms with Gasteiger partial charge < -0.3 is 14.9 Å². The molecule has 0 radical (unpaired) electrons. The Hall–Kier alpha value is -1.51. The molecular formula is C21H35FN2O5. The Kier molecular flexibility index (Phi) is 10.0. The largest absolute Gasteiger partial charge is 0.394 e. The SMILES string of the molecule is CCCCCCCCCCCCn1c(=O)ccn([C@@H]2O[C@H](CO)C(O)[C@@H]2F)c1=O. The maximum absolute atomic E-state index is 14.3. The molecule has 1 saturated heterocycles. The molecule has 2 rings (SSSR count). The molecule has 2 heterocycles. The van der Waals surface area contributed by atoms with Crippen LogP contribution in [0.2, 0.25) is 0 Å². The first-order chi connectivity index (χ1) is 14.0. The lowest BCUT2D eigenvalue weighted by atomic mass is 10.1. The number of hydrogen-bond donors (Lipinski definition) is 2. The van der Waals surface area contributed by atoms with Crippen LogP contribution in [-0.2, 0) is 11.3 Å². The highest BCUT2D eigenvalue weighted by molar-refractivity contribution is 4.94. The van der Waals surface area contributed by atoms with E-state index in [1.807, 2.05) is 0 Å². The summed E-state index contributed by atoms with van der Waals surface area (Å²) in [6, 6.07) is 1.20. The first-order valence-corrected chi connectivity index (χ1v) is 10.9. The second kappa shape index (κ2) is 12.2. The van der Waals surface area contributed by atoms with Crippen molar-refractivity contribution in [1.82, 2.24) is 9.13 Å². The molecular weight excluding hydrogens is 379 g/mol. The average Bonchev–Trinajstić information content (AvgIpc) is 3.00. The summed E-state index contributed by atoms with van der Waals surface area (Å²) in [4.78, 5) is 24.7. The zero-order valence-corrected chi connectivity index (χ0v) is 17.3. The fraction of sp³-hybridized carbons (Fsp3) is 0.810. The van der Waals surface area contributed by atoms with E-state index < -0.39 is 42.5 Å². The zero-order chi connectivity index (χ0) is 21.2. The molecule has 29 heavy (non-hydrogen) atoms. The van der Waals surface area contributed by atoms with Gasteiger partial charge >= 0.3 is 5.69 Å². The van der Waals surface area contributed by atoms with E-state index in [-0.39, 0.29) is 6.54 Å². The fourth-order valence-corrected chi connectivity index (χ4v) is 3.77. The van der Waals surface area contributed by atoms with Crippen molar-refractivity contribution >= 4 is 0 Å². The van der Waals surface area contributed by atoms with Gasteiger partial charge in [0, 0.05) is 18.8 Å². The average molecular weight is 415 g/mol. The summed E-state index contributed by atoms with van der Waals surface area (Å²) >= 11 is 0. The van der Waals surface area contributed by atoms with E-state index in [1.165, 1.54) is 50.8 Å². The molecule has 0 saturated carbocycles. The molecule has 1 unspecified atom stereocenters. The van der Waals surface area contributed by atoms with Crippen LogP contribution < -0.4 is 11.2 Å². The number of aliphatic hydroxyl groups is 2. The van der Waals surface area contributed by atoms with Gasteiger partial charge in [0.1, 0.15) is 12.2 Å². The van der Waals surface area contributed by atoms with Crippen molar-refractivity contribution in [2.45, 2.75) is 102 Å². The first kappa shape index (κ1) is 23.8. The molecule has 1 aromatic rings. The molecule has 0 aliphatic carbocycles. The monoisotopic (exact) mass is 414 g/mol. The van der Waals surface area contributed by atoms with Crippen LogP contribution >= 0.6 is 0 Å². The summed E-state index contributed by atoms with van der Waals surface area (Å²) < 4.78 is 21.7. The van der Waals surface area contributed by atoms with Crippen molar-refractivity contribution in [2.24, 2.45) is 0 Å². The van der Waals surface area contributed by atoms with Crippen LogP contribution in [0, 0.1) is 0 Å². The summed E-state index contributed by atoms with van der Waals surface area (Å²) in [5.74, 6) is 0. The summed E-state index contributed by atoms with van der Waals surface area (Å²) in [6.45, 7) is 1.93. The van der Waals surface area contributed by atoms with Gasteiger partial charge in [0.15, 0.2) is 12.4 Å². The highest BCUT2D eigenvalue weighted by Crippen LogP contribution is 2.30. The molecule has 0 amide bonds. The number of hydrogen-bond acceptors (Lipinski definition) is 5. The number of unbranched alkanes of at least 4 members (excludes halogenated alkanes) is 9. The van der Waals surface area contributed by atoms with E-state index >= 15 is 0 Å². The minimum atomic E-state index is -1.85. The highest BCUT2D eigenvalue weighted by atomic mass is 19.1. The van der Waals surface area contributed by atoms with Gasteiger partial charge in [0.2, 0.25) is 0 Å². The number of nitrogens with zero attached hydrogens (tertiary/aromatic N) is 2. The molecule has 0 spiro atoms. The van der Waals surface area contributed by atoms with E-state index in [0.29, 0.717) is 6.42 Å². The van der Waals surface area contributed by atoms with Gasteiger partial charge in [-0.05, 0) is 6.42 Å². The molecule has 0 aromatic carbocycles. The number of halogens is 1. The molecule has 1 aliphatic rings. The van der Waals surface area contributed by atoms with Gasteiger partial charge in [-0.3, -0.25) is 13.9 Å². The van der Waals surface area contributed by atoms with E-state index in [2.05, 4.69) is 6.92 Å². The Morgan fingerprint density at radius 2 is 1.62 bits per heavy atom. The van der Waals surface area contributed by atoms with Gasteiger partial charge in [-0.1, -0.05) is 64.7 Å². The molecule has 2 N–H and O–H groups in total. The lowest BCUT2D eigenvalue weighted by molar-refractivity contribution is -0.0496. The molecule has 0 bridgehead atoms.